The van der Waals surface area contributed by atoms with Gasteiger partial charge < -0.3 is 16.0 Å². The Morgan fingerprint density at radius 2 is 1.50 bits per heavy atom. The molecule has 5 nitrogen and oxygen atoms in total. The molecule has 0 heterocycles. The molecule has 0 radical (unpaired) electrons. The third-order valence-electron chi connectivity index (χ3n) is 3.55. The first-order chi connectivity index (χ1) is 11.7. The first-order valence-electron chi connectivity index (χ1n) is 7.98. The number of carbonyl (C=O) groups excluding carboxylic acids is 1. The van der Waals surface area contributed by atoms with Gasteiger partial charge in [0.05, 0.1) is 6.54 Å². The van der Waals surface area contributed by atoms with Gasteiger partial charge in [-0.1, -0.05) is 60.2 Å². The van der Waals surface area contributed by atoms with Crippen molar-refractivity contribution >= 4 is 11.9 Å². The fourth-order valence-corrected chi connectivity index (χ4v) is 2.14. The summed E-state index contributed by atoms with van der Waals surface area (Å²) in [6.45, 7) is 3.43. The van der Waals surface area contributed by atoms with Gasteiger partial charge >= 0.3 is 0 Å². The molecule has 1 amide bonds. The minimum Gasteiger partial charge on any atom is -0.352 e. The number of guanidine groups is 1. The van der Waals surface area contributed by atoms with Crippen LogP contribution in [0.1, 0.15) is 16.7 Å². The van der Waals surface area contributed by atoms with E-state index in [1.165, 1.54) is 5.56 Å². The molecule has 3 N–H and O–H groups in total. The largest absolute Gasteiger partial charge is 0.352 e. The highest BCUT2D eigenvalue weighted by Crippen LogP contribution is 2.02. The van der Waals surface area contributed by atoms with Crippen molar-refractivity contribution in [2.75, 3.05) is 13.6 Å². The number of carbonyl (C=O) groups is 1. The van der Waals surface area contributed by atoms with Crippen LogP contribution in [-0.4, -0.2) is 25.5 Å². The highest BCUT2D eigenvalue weighted by atomic mass is 16.1. The van der Waals surface area contributed by atoms with Crippen LogP contribution in [0.3, 0.4) is 0 Å². The Labute approximate surface area is 143 Å². The van der Waals surface area contributed by atoms with Crippen LogP contribution >= 0.6 is 0 Å². The topological polar surface area (TPSA) is 65.5 Å². The average molecular weight is 324 g/mol. The lowest BCUT2D eigenvalue weighted by Crippen LogP contribution is -2.42. The molecule has 0 aromatic heterocycles. The fourth-order valence-electron chi connectivity index (χ4n) is 2.14. The molecule has 2 aromatic rings. The van der Waals surface area contributed by atoms with Crippen LogP contribution in [-0.2, 0) is 17.9 Å². The maximum atomic E-state index is 11.9. The lowest BCUT2D eigenvalue weighted by molar-refractivity contribution is -0.120. The lowest BCUT2D eigenvalue weighted by atomic mass is 10.1. The van der Waals surface area contributed by atoms with Gasteiger partial charge in [-0.2, -0.15) is 0 Å². The van der Waals surface area contributed by atoms with Gasteiger partial charge in [0.25, 0.3) is 0 Å². The first kappa shape index (κ1) is 17.5. The Morgan fingerprint density at radius 1 is 0.875 bits per heavy atom. The predicted octanol–water partition coefficient (Wildman–Crippen LogP) is 1.98. The SMILES string of the molecule is CN=C(NCC(=O)NCc1ccccc1)NCc1ccc(C)cc1. The third kappa shape index (κ3) is 6.12. The zero-order valence-corrected chi connectivity index (χ0v) is 14.2. The van der Waals surface area contributed by atoms with Gasteiger partial charge in [-0.3, -0.25) is 9.79 Å². The average Bonchev–Trinajstić information content (AvgIpc) is 2.62. The molecule has 0 saturated heterocycles. The molecule has 0 fully saturated rings. The summed E-state index contributed by atoms with van der Waals surface area (Å²) in [5.41, 5.74) is 3.47. The minimum atomic E-state index is -0.0721. The van der Waals surface area contributed by atoms with E-state index in [0.29, 0.717) is 19.0 Å². The minimum absolute atomic E-state index is 0.0721. The van der Waals surface area contributed by atoms with E-state index in [0.717, 1.165) is 11.1 Å². The van der Waals surface area contributed by atoms with Crippen molar-refractivity contribution in [1.29, 1.82) is 0 Å². The summed E-state index contributed by atoms with van der Waals surface area (Å²) in [5, 5.41) is 9.08. The van der Waals surface area contributed by atoms with Gasteiger partial charge in [-0.15, -0.1) is 0 Å². The monoisotopic (exact) mass is 324 g/mol. The van der Waals surface area contributed by atoms with E-state index in [9.17, 15) is 4.79 Å². The molecule has 0 aliphatic carbocycles. The van der Waals surface area contributed by atoms with E-state index in [4.69, 9.17) is 0 Å². The zero-order valence-electron chi connectivity index (χ0n) is 14.2. The number of hydrogen-bond acceptors (Lipinski definition) is 2. The summed E-state index contributed by atoms with van der Waals surface area (Å²) >= 11 is 0. The van der Waals surface area contributed by atoms with E-state index >= 15 is 0 Å². The van der Waals surface area contributed by atoms with Gasteiger partial charge in [0.2, 0.25) is 5.91 Å². The number of amides is 1. The molecular formula is C19H24N4O. The first-order valence-corrected chi connectivity index (χ1v) is 7.98. The molecule has 24 heavy (non-hydrogen) atoms. The van der Waals surface area contributed by atoms with E-state index < -0.39 is 0 Å². The van der Waals surface area contributed by atoms with Gasteiger partial charge in [0.1, 0.15) is 0 Å². The van der Waals surface area contributed by atoms with Crippen LogP contribution in [0.15, 0.2) is 59.6 Å². The van der Waals surface area contributed by atoms with Crippen molar-refractivity contribution in [3.05, 3.63) is 71.3 Å². The molecule has 2 aromatic carbocycles. The second-order valence-electron chi connectivity index (χ2n) is 5.53. The maximum absolute atomic E-state index is 11.9. The van der Waals surface area contributed by atoms with Crippen LogP contribution < -0.4 is 16.0 Å². The Balaban J connectivity index is 1.70. The van der Waals surface area contributed by atoms with Crippen molar-refractivity contribution in [3.63, 3.8) is 0 Å². The van der Waals surface area contributed by atoms with Gasteiger partial charge in [-0.25, -0.2) is 0 Å². The summed E-state index contributed by atoms with van der Waals surface area (Å²) in [6, 6.07) is 18.1. The highest BCUT2D eigenvalue weighted by molar-refractivity contribution is 5.86. The van der Waals surface area contributed by atoms with E-state index in [1.54, 1.807) is 7.05 Å². The number of hydrogen-bond donors (Lipinski definition) is 3. The molecule has 5 heteroatoms. The molecule has 0 atom stereocenters. The Kier molecular flexibility index (Phi) is 6.83. The van der Waals surface area contributed by atoms with Crippen molar-refractivity contribution < 1.29 is 4.79 Å². The molecular weight excluding hydrogens is 300 g/mol. The van der Waals surface area contributed by atoms with Gasteiger partial charge in [0.15, 0.2) is 5.96 Å². The third-order valence-corrected chi connectivity index (χ3v) is 3.55. The second-order valence-corrected chi connectivity index (χ2v) is 5.53. The van der Waals surface area contributed by atoms with Crippen LogP contribution in [0.4, 0.5) is 0 Å². The zero-order chi connectivity index (χ0) is 17.2. The van der Waals surface area contributed by atoms with E-state index in [2.05, 4.69) is 52.1 Å². The molecule has 0 saturated carbocycles. The molecule has 0 aliphatic heterocycles. The van der Waals surface area contributed by atoms with Crippen LogP contribution in [0.5, 0.6) is 0 Å². The van der Waals surface area contributed by atoms with Gasteiger partial charge in [0, 0.05) is 20.1 Å². The van der Waals surface area contributed by atoms with Crippen LogP contribution in [0.2, 0.25) is 0 Å². The molecule has 0 unspecified atom stereocenters. The molecule has 126 valence electrons. The van der Waals surface area contributed by atoms with Crippen LogP contribution in [0.25, 0.3) is 0 Å². The Hall–Kier alpha value is -2.82. The van der Waals surface area contributed by atoms with Crippen molar-refractivity contribution in [3.8, 4) is 0 Å². The fraction of sp³-hybridized carbons (Fsp3) is 0.263. The van der Waals surface area contributed by atoms with Crippen LogP contribution in [0, 0.1) is 6.92 Å². The Morgan fingerprint density at radius 3 is 2.17 bits per heavy atom. The van der Waals surface area contributed by atoms with Crippen molar-refractivity contribution in [2.24, 2.45) is 4.99 Å². The standard InChI is InChI=1S/C19H24N4O/c1-15-8-10-17(11-9-15)13-22-19(20-2)23-14-18(24)21-12-16-6-4-3-5-7-16/h3-11H,12-14H2,1-2H3,(H,21,24)(H2,20,22,23). The number of aryl methyl sites for hydroxylation is 1. The number of benzene rings is 2. The molecule has 0 spiro atoms. The normalized spacial score (nSPS) is 11.0. The van der Waals surface area contributed by atoms with Gasteiger partial charge in [-0.05, 0) is 18.1 Å². The molecule has 0 bridgehead atoms. The summed E-state index contributed by atoms with van der Waals surface area (Å²) in [6.07, 6.45) is 0. The number of nitrogens with zero attached hydrogens (tertiary/aromatic N) is 1. The van der Waals surface area contributed by atoms with E-state index in [1.807, 2.05) is 30.3 Å². The number of rotatable bonds is 6. The summed E-state index contributed by atoms with van der Waals surface area (Å²) in [7, 11) is 1.69. The summed E-state index contributed by atoms with van der Waals surface area (Å²) in [4.78, 5) is 16.0. The second kappa shape index (κ2) is 9.35. The highest BCUT2D eigenvalue weighted by Gasteiger charge is 2.03. The quantitative estimate of drug-likeness (QED) is 0.562. The Bertz CT molecular complexity index is 666. The smallest absolute Gasteiger partial charge is 0.239 e. The number of aliphatic imine (C=N–C) groups is 1. The van der Waals surface area contributed by atoms with Crippen molar-refractivity contribution in [1.82, 2.24) is 16.0 Å². The predicted molar refractivity (Wildman–Crippen MR) is 97.7 cm³/mol. The summed E-state index contributed by atoms with van der Waals surface area (Å²) in [5.74, 6) is 0.530. The van der Waals surface area contributed by atoms with Crippen molar-refractivity contribution in [2.45, 2.75) is 20.0 Å². The lowest BCUT2D eigenvalue weighted by Gasteiger charge is -2.12. The number of nitrogens with one attached hydrogen (secondary N) is 3. The molecule has 2 rings (SSSR count). The summed E-state index contributed by atoms with van der Waals surface area (Å²) < 4.78 is 0. The maximum Gasteiger partial charge on any atom is 0.239 e. The molecule has 0 aliphatic rings. The van der Waals surface area contributed by atoms with E-state index in [-0.39, 0.29) is 12.5 Å².